The summed E-state index contributed by atoms with van der Waals surface area (Å²) in [5, 5.41) is 1.31. The molecule has 1 aliphatic heterocycles. The lowest BCUT2D eigenvalue weighted by Gasteiger charge is -2.24. The average Bonchev–Trinajstić information content (AvgIpc) is 2.73. The van der Waals surface area contributed by atoms with Crippen LogP contribution in [0, 0.1) is 5.92 Å². The molecular weight excluding hydrogens is 226 g/mol. The average molecular weight is 243 g/mol. The van der Waals surface area contributed by atoms with E-state index in [9.17, 15) is 4.79 Å². The van der Waals surface area contributed by atoms with Gasteiger partial charge in [0.15, 0.2) is 0 Å². The van der Waals surface area contributed by atoms with Gasteiger partial charge in [0.05, 0.1) is 6.61 Å². The zero-order chi connectivity index (χ0) is 12.5. The van der Waals surface area contributed by atoms with E-state index in [1.54, 1.807) is 0 Å². The summed E-state index contributed by atoms with van der Waals surface area (Å²) >= 11 is 0. The van der Waals surface area contributed by atoms with E-state index in [-0.39, 0.29) is 5.97 Å². The maximum Gasteiger partial charge on any atom is 0.302 e. The maximum absolute atomic E-state index is 10.8. The van der Waals surface area contributed by atoms with Gasteiger partial charge in [0, 0.05) is 30.6 Å². The molecule has 1 atom stereocenters. The standard InChI is InChI=1S/C15H17NO2/c1-11(17)18-10-12-6-7-16-14(8-12)9-13-4-2-3-5-15(13)16/h2-5,9,12H,6-8,10H2,1H3/t12-/m1/s1. The molecule has 1 aromatic carbocycles. The molecule has 0 saturated heterocycles. The Balaban J connectivity index is 1.82. The molecule has 3 nitrogen and oxygen atoms in total. The van der Waals surface area contributed by atoms with E-state index in [0.717, 1.165) is 19.4 Å². The number of ether oxygens (including phenoxy) is 1. The first kappa shape index (κ1) is 11.3. The molecule has 0 aliphatic carbocycles. The number of esters is 1. The van der Waals surface area contributed by atoms with Crippen LogP contribution < -0.4 is 0 Å². The van der Waals surface area contributed by atoms with Gasteiger partial charge in [-0.3, -0.25) is 4.79 Å². The molecular formula is C15H17NO2. The van der Waals surface area contributed by atoms with Gasteiger partial charge >= 0.3 is 5.97 Å². The number of rotatable bonds is 2. The van der Waals surface area contributed by atoms with Crippen molar-refractivity contribution in [1.82, 2.24) is 4.57 Å². The van der Waals surface area contributed by atoms with Crippen LogP contribution in [-0.4, -0.2) is 17.1 Å². The van der Waals surface area contributed by atoms with E-state index >= 15 is 0 Å². The number of aromatic nitrogens is 1. The molecule has 2 heterocycles. The van der Waals surface area contributed by atoms with Crippen LogP contribution in [-0.2, 0) is 22.5 Å². The van der Waals surface area contributed by atoms with Gasteiger partial charge in [-0.15, -0.1) is 0 Å². The highest BCUT2D eigenvalue weighted by Crippen LogP contribution is 2.28. The number of hydrogen-bond acceptors (Lipinski definition) is 2. The molecule has 2 aromatic rings. The Kier molecular flexibility index (Phi) is 2.82. The topological polar surface area (TPSA) is 31.2 Å². The van der Waals surface area contributed by atoms with E-state index in [1.807, 2.05) is 0 Å². The summed E-state index contributed by atoms with van der Waals surface area (Å²) in [4.78, 5) is 10.8. The minimum atomic E-state index is -0.180. The number of carbonyl (C=O) groups excluding carboxylic acids is 1. The summed E-state index contributed by atoms with van der Waals surface area (Å²) in [6.07, 6.45) is 2.08. The van der Waals surface area contributed by atoms with Gasteiger partial charge in [-0.25, -0.2) is 0 Å². The summed E-state index contributed by atoms with van der Waals surface area (Å²) in [6, 6.07) is 10.7. The van der Waals surface area contributed by atoms with E-state index in [2.05, 4.69) is 34.9 Å². The summed E-state index contributed by atoms with van der Waals surface area (Å²) in [7, 11) is 0. The van der Waals surface area contributed by atoms with Gasteiger partial charge < -0.3 is 9.30 Å². The van der Waals surface area contributed by atoms with Crippen LogP contribution in [0.4, 0.5) is 0 Å². The number of aryl methyl sites for hydroxylation is 1. The van der Waals surface area contributed by atoms with E-state index < -0.39 is 0 Å². The lowest BCUT2D eigenvalue weighted by atomic mass is 9.97. The lowest BCUT2D eigenvalue weighted by Crippen LogP contribution is -2.23. The maximum atomic E-state index is 10.8. The quantitative estimate of drug-likeness (QED) is 0.759. The third-order valence-corrected chi connectivity index (χ3v) is 3.68. The van der Waals surface area contributed by atoms with Crippen LogP contribution in [0.1, 0.15) is 19.0 Å². The second-order valence-corrected chi connectivity index (χ2v) is 5.01. The van der Waals surface area contributed by atoms with Crippen LogP contribution in [0.25, 0.3) is 10.9 Å². The smallest absolute Gasteiger partial charge is 0.302 e. The van der Waals surface area contributed by atoms with Crippen molar-refractivity contribution < 1.29 is 9.53 Å². The molecule has 0 unspecified atom stereocenters. The largest absolute Gasteiger partial charge is 0.466 e. The third-order valence-electron chi connectivity index (χ3n) is 3.68. The number of hydrogen-bond donors (Lipinski definition) is 0. The van der Waals surface area contributed by atoms with Crippen LogP contribution in [0.3, 0.4) is 0 Å². The Morgan fingerprint density at radius 1 is 1.44 bits per heavy atom. The van der Waals surface area contributed by atoms with Gasteiger partial charge in [-0.1, -0.05) is 18.2 Å². The molecule has 0 N–H and O–H groups in total. The van der Waals surface area contributed by atoms with Crippen molar-refractivity contribution in [3.63, 3.8) is 0 Å². The molecule has 1 aromatic heterocycles. The van der Waals surface area contributed by atoms with Crippen LogP contribution in [0.5, 0.6) is 0 Å². The summed E-state index contributed by atoms with van der Waals surface area (Å²) in [5.74, 6) is 0.284. The van der Waals surface area contributed by atoms with Crippen molar-refractivity contribution in [2.45, 2.75) is 26.3 Å². The predicted molar refractivity (Wildman–Crippen MR) is 70.4 cm³/mol. The minimum Gasteiger partial charge on any atom is -0.466 e. The molecule has 0 amide bonds. The highest BCUT2D eigenvalue weighted by Gasteiger charge is 2.21. The Morgan fingerprint density at radius 3 is 3.11 bits per heavy atom. The SMILES string of the molecule is CC(=O)OC[C@@H]1CCn2c(cc3ccccc32)C1. The molecule has 18 heavy (non-hydrogen) atoms. The van der Waals surface area contributed by atoms with Crippen molar-refractivity contribution in [2.24, 2.45) is 5.92 Å². The summed E-state index contributed by atoms with van der Waals surface area (Å²) in [6.45, 7) is 3.05. The normalized spacial score (nSPS) is 18.6. The fraction of sp³-hybridized carbons (Fsp3) is 0.400. The molecule has 3 rings (SSSR count). The molecule has 0 bridgehead atoms. The monoisotopic (exact) mass is 243 g/mol. The molecule has 0 spiro atoms. The van der Waals surface area contributed by atoms with Crippen LogP contribution in [0.15, 0.2) is 30.3 Å². The van der Waals surface area contributed by atoms with Gasteiger partial charge in [-0.2, -0.15) is 0 Å². The first-order valence-corrected chi connectivity index (χ1v) is 6.44. The van der Waals surface area contributed by atoms with Crippen molar-refractivity contribution in [3.05, 3.63) is 36.0 Å². The van der Waals surface area contributed by atoms with Gasteiger partial charge in [0.1, 0.15) is 0 Å². The van der Waals surface area contributed by atoms with Crippen LogP contribution in [0.2, 0.25) is 0 Å². The first-order chi connectivity index (χ1) is 8.74. The van der Waals surface area contributed by atoms with E-state index in [4.69, 9.17) is 4.74 Å². The molecule has 0 saturated carbocycles. The van der Waals surface area contributed by atoms with Crippen molar-refractivity contribution in [2.75, 3.05) is 6.61 Å². The molecule has 1 aliphatic rings. The third kappa shape index (κ3) is 2.01. The second kappa shape index (κ2) is 4.48. The predicted octanol–water partition coefficient (Wildman–Crippen LogP) is 2.77. The van der Waals surface area contributed by atoms with Gasteiger partial charge in [-0.05, 0) is 30.4 Å². The molecule has 3 heteroatoms. The fourth-order valence-electron chi connectivity index (χ4n) is 2.79. The number of benzene rings is 1. The minimum absolute atomic E-state index is 0.180. The number of para-hydroxylation sites is 1. The Bertz CT molecular complexity index is 585. The van der Waals surface area contributed by atoms with Gasteiger partial charge in [0.25, 0.3) is 0 Å². The molecule has 0 fully saturated rings. The number of carbonyl (C=O) groups is 1. The summed E-state index contributed by atoms with van der Waals surface area (Å²) in [5.41, 5.74) is 2.68. The zero-order valence-corrected chi connectivity index (χ0v) is 10.6. The van der Waals surface area contributed by atoms with Crippen molar-refractivity contribution >= 4 is 16.9 Å². The highest BCUT2D eigenvalue weighted by molar-refractivity contribution is 5.81. The Hall–Kier alpha value is -1.77. The Labute approximate surface area is 106 Å². The van der Waals surface area contributed by atoms with Gasteiger partial charge in [0.2, 0.25) is 0 Å². The van der Waals surface area contributed by atoms with E-state index in [0.29, 0.717) is 12.5 Å². The molecule has 0 radical (unpaired) electrons. The zero-order valence-electron chi connectivity index (χ0n) is 10.6. The summed E-state index contributed by atoms with van der Waals surface area (Å²) < 4.78 is 7.51. The number of nitrogens with zero attached hydrogens (tertiary/aromatic N) is 1. The van der Waals surface area contributed by atoms with Crippen molar-refractivity contribution in [3.8, 4) is 0 Å². The number of fused-ring (bicyclic) bond motifs is 3. The molecule has 94 valence electrons. The highest BCUT2D eigenvalue weighted by atomic mass is 16.5. The van der Waals surface area contributed by atoms with Crippen LogP contribution >= 0.6 is 0 Å². The first-order valence-electron chi connectivity index (χ1n) is 6.44. The van der Waals surface area contributed by atoms with E-state index in [1.165, 1.54) is 23.5 Å². The Morgan fingerprint density at radius 2 is 2.28 bits per heavy atom. The lowest BCUT2D eigenvalue weighted by molar-refractivity contribution is -0.142. The van der Waals surface area contributed by atoms with Crippen molar-refractivity contribution in [1.29, 1.82) is 0 Å². The fourth-order valence-corrected chi connectivity index (χ4v) is 2.79. The second-order valence-electron chi connectivity index (χ2n) is 5.01.